The Balaban J connectivity index is 2.78. The highest BCUT2D eigenvalue weighted by Gasteiger charge is 2.04. The zero-order valence-electron chi connectivity index (χ0n) is 8.33. The van der Waals surface area contributed by atoms with Crippen LogP contribution in [0.5, 0.6) is 11.5 Å². The van der Waals surface area contributed by atoms with Gasteiger partial charge in [-0.05, 0) is 26.8 Å². The second-order valence-electron chi connectivity index (χ2n) is 2.96. The Hall–Kier alpha value is -1.18. The fourth-order valence-electron chi connectivity index (χ4n) is 1.00. The molecule has 0 fully saturated rings. The summed E-state index contributed by atoms with van der Waals surface area (Å²) >= 11 is 0. The van der Waals surface area contributed by atoms with Crippen molar-refractivity contribution in [2.45, 2.75) is 26.9 Å². The normalized spacial score (nSPS) is 10.2. The van der Waals surface area contributed by atoms with E-state index in [0.717, 1.165) is 5.75 Å². The zero-order valence-corrected chi connectivity index (χ0v) is 8.33. The number of hydrogen-bond donors (Lipinski definition) is 0. The molecule has 13 heavy (non-hydrogen) atoms. The summed E-state index contributed by atoms with van der Waals surface area (Å²) in [5.74, 6) is 1.46. The van der Waals surface area contributed by atoms with E-state index < -0.39 is 0 Å². The number of para-hydroxylation sites is 1. The first kappa shape index (κ1) is 9.90. The van der Waals surface area contributed by atoms with Crippen LogP contribution in [-0.4, -0.2) is 12.7 Å². The predicted molar refractivity (Wildman–Crippen MR) is 52.2 cm³/mol. The van der Waals surface area contributed by atoms with Crippen LogP contribution in [0.15, 0.2) is 18.2 Å². The van der Waals surface area contributed by atoms with Gasteiger partial charge in [0.05, 0.1) is 12.7 Å². The lowest BCUT2D eigenvalue weighted by atomic mass is 10.3. The van der Waals surface area contributed by atoms with Crippen molar-refractivity contribution in [3.63, 3.8) is 0 Å². The maximum Gasteiger partial charge on any atom is 0.169 e. The molecule has 1 rings (SSSR count). The summed E-state index contributed by atoms with van der Waals surface area (Å²) < 4.78 is 10.9. The van der Waals surface area contributed by atoms with E-state index in [9.17, 15) is 0 Å². The fraction of sp³-hybridized carbons (Fsp3) is 0.455. The Morgan fingerprint density at radius 3 is 2.85 bits per heavy atom. The number of rotatable bonds is 4. The molecule has 1 radical (unpaired) electrons. The highest BCUT2D eigenvalue weighted by atomic mass is 16.5. The third kappa shape index (κ3) is 2.98. The van der Waals surface area contributed by atoms with Crippen molar-refractivity contribution in [3.8, 4) is 11.5 Å². The standard InChI is InChI=1S/C11H15O2/c1-4-12-10-7-5-6-8-11(10)13-9(2)3/h5-7,9H,4H2,1-3H3. The van der Waals surface area contributed by atoms with Crippen LogP contribution in [0.3, 0.4) is 0 Å². The van der Waals surface area contributed by atoms with Crippen LogP contribution in [0.1, 0.15) is 20.8 Å². The lowest BCUT2D eigenvalue weighted by molar-refractivity contribution is 0.223. The van der Waals surface area contributed by atoms with Crippen LogP contribution in [0, 0.1) is 6.07 Å². The van der Waals surface area contributed by atoms with Gasteiger partial charge in [0.2, 0.25) is 0 Å². The summed E-state index contributed by atoms with van der Waals surface area (Å²) in [6, 6.07) is 8.60. The minimum absolute atomic E-state index is 0.151. The molecule has 1 aromatic rings. The van der Waals surface area contributed by atoms with Crippen molar-refractivity contribution in [2.24, 2.45) is 0 Å². The quantitative estimate of drug-likeness (QED) is 0.707. The van der Waals surface area contributed by atoms with E-state index in [1.165, 1.54) is 0 Å². The molecule has 0 aliphatic rings. The van der Waals surface area contributed by atoms with Gasteiger partial charge in [0.1, 0.15) is 0 Å². The van der Waals surface area contributed by atoms with E-state index in [2.05, 4.69) is 6.07 Å². The van der Waals surface area contributed by atoms with Gasteiger partial charge in [-0.2, -0.15) is 0 Å². The van der Waals surface area contributed by atoms with Crippen molar-refractivity contribution in [1.29, 1.82) is 0 Å². The molecule has 0 spiro atoms. The van der Waals surface area contributed by atoms with E-state index >= 15 is 0 Å². The molecule has 0 amide bonds. The zero-order chi connectivity index (χ0) is 9.68. The molecule has 0 unspecified atom stereocenters. The van der Waals surface area contributed by atoms with Gasteiger partial charge in [-0.15, -0.1) is 0 Å². The molecule has 2 nitrogen and oxygen atoms in total. The van der Waals surface area contributed by atoms with E-state index in [1.54, 1.807) is 0 Å². The molecular weight excluding hydrogens is 164 g/mol. The van der Waals surface area contributed by atoms with Crippen LogP contribution in [0.2, 0.25) is 0 Å². The van der Waals surface area contributed by atoms with Crippen molar-refractivity contribution in [3.05, 3.63) is 24.3 Å². The first-order chi connectivity index (χ1) is 6.24. The molecule has 0 aliphatic heterocycles. The van der Waals surface area contributed by atoms with E-state index in [4.69, 9.17) is 9.47 Å². The Morgan fingerprint density at radius 1 is 1.46 bits per heavy atom. The van der Waals surface area contributed by atoms with Gasteiger partial charge >= 0.3 is 0 Å². The summed E-state index contributed by atoms with van der Waals surface area (Å²) in [7, 11) is 0. The van der Waals surface area contributed by atoms with Crippen LogP contribution in [0.4, 0.5) is 0 Å². The Kier molecular flexibility index (Phi) is 3.62. The number of benzene rings is 1. The Morgan fingerprint density at radius 2 is 2.23 bits per heavy atom. The lowest BCUT2D eigenvalue weighted by Gasteiger charge is -2.13. The summed E-state index contributed by atoms with van der Waals surface area (Å²) in [6.45, 7) is 6.56. The van der Waals surface area contributed by atoms with Gasteiger partial charge in [-0.3, -0.25) is 0 Å². The van der Waals surface area contributed by atoms with Crippen molar-refractivity contribution in [2.75, 3.05) is 6.61 Å². The molecular formula is C11H15O2. The molecule has 0 heterocycles. The Bertz CT molecular complexity index is 256. The maximum atomic E-state index is 5.52. The molecule has 0 bridgehead atoms. The van der Waals surface area contributed by atoms with Gasteiger partial charge < -0.3 is 9.47 Å². The average Bonchev–Trinajstić information content (AvgIpc) is 2.08. The summed E-state index contributed by atoms with van der Waals surface area (Å²) in [5.41, 5.74) is 0. The van der Waals surface area contributed by atoms with E-state index in [-0.39, 0.29) is 6.10 Å². The second kappa shape index (κ2) is 4.75. The molecule has 0 atom stereocenters. The molecule has 71 valence electrons. The van der Waals surface area contributed by atoms with Crippen molar-refractivity contribution >= 4 is 0 Å². The summed E-state index contributed by atoms with van der Waals surface area (Å²) in [6.07, 6.45) is 0.151. The summed E-state index contributed by atoms with van der Waals surface area (Å²) in [5, 5.41) is 0. The highest BCUT2D eigenvalue weighted by Crippen LogP contribution is 2.26. The van der Waals surface area contributed by atoms with Crippen LogP contribution < -0.4 is 9.47 Å². The third-order valence-electron chi connectivity index (χ3n) is 1.44. The van der Waals surface area contributed by atoms with Gasteiger partial charge in [0.15, 0.2) is 11.5 Å². The average molecular weight is 179 g/mol. The number of ether oxygens (including phenoxy) is 2. The van der Waals surface area contributed by atoms with Crippen LogP contribution in [-0.2, 0) is 0 Å². The SMILES string of the molecule is CCOc1ccc[c]c1OC(C)C. The molecule has 0 N–H and O–H groups in total. The van der Waals surface area contributed by atoms with Gasteiger partial charge in [0, 0.05) is 6.07 Å². The van der Waals surface area contributed by atoms with E-state index in [1.807, 2.05) is 39.0 Å². The predicted octanol–water partition coefficient (Wildman–Crippen LogP) is 2.67. The first-order valence-corrected chi connectivity index (χ1v) is 4.54. The molecule has 0 aromatic heterocycles. The highest BCUT2D eigenvalue weighted by molar-refractivity contribution is 5.38. The minimum Gasteiger partial charge on any atom is -0.490 e. The van der Waals surface area contributed by atoms with Crippen molar-refractivity contribution < 1.29 is 9.47 Å². The van der Waals surface area contributed by atoms with Gasteiger partial charge in [0.25, 0.3) is 0 Å². The second-order valence-corrected chi connectivity index (χ2v) is 2.96. The largest absolute Gasteiger partial charge is 0.490 e. The monoisotopic (exact) mass is 179 g/mol. The molecule has 1 aromatic carbocycles. The molecule has 0 saturated heterocycles. The van der Waals surface area contributed by atoms with Crippen LogP contribution in [0.25, 0.3) is 0 Å². The Labute approximate surface area is 79.5 Å². The molecule has 2 heteroatoms. The molecule has 0 saturated carbocycles. The van der Waals surface area contributed by atoms with Crippen molar-refractivity contribution in [1.82, 2.24) is 0 Å². The maximum absolute atomic E-state index is 5.52. The summed E-state index contributed by atoms with van der Waals surface area (Å²) in [4.78, 5) is 0. The number of hydrogen-bond acceptors (Lipinski definition) is 2. The topological polar surface area (TPSA) is 18.5 Å². The van der Waals surface area contributed by atoms with Gasteiger partial charge in [-0.25, -0.2) is 0 Å². The fourth-order valence-corrected chi connectivity index (χ4v) is 1.00. The smallest absolute Gasteiger partial charge is 0.169 e. The molecule has 0 aliphatic carbocycles. The third-order valence-corrected chi connectivity index (χ3v) is 1.44. The minimum atomic E-state index is 0.151. The van der Waals surface area contributed by atoms with E-state index in [0.29, 0.717) is 12.4 Å². The van der Waals surface area contributed by atoms with Gasteiger partial charge in [-0.1, -0.05) is 12.1 Å². The first-order valence-electron chi connectivity index (χ1n) is 4.54. The van der Waals surface area contributed by atoms with Crippen LogP contribution >= 0.6 is 0 Å². The lowest BCUT2D eigenvalue weighted by Crippen LogP contribution is -2.07.